The summed E-state index contributed by atoms with van der Waals surface area (Å²) >= 11 is 0. The zero-order chi connectivity index (χ0) is 22.9. The first-order valence-corrected chi connectivity index (χ1v) is 11.8. The summed E-state index contributed by atoms with van der Waals surface area (Å²) in [6.45, 7) is 3.98. The molecule has 2 rings (SSSR count). The second-order valence-electron chi connectivity index (χ2n) is 7.74. The van der Waals surface area contributed by atoms with Crippen LogP contribution in [0.5, 0.6) is 5.75 Å². The minimum atomic E-state index is -3.92. The van der Waals surface area contributed by atoms with Gasteiger partial charge in [-0.15, -0.1) is 0 Å². The van der Waals surface area contributed by atoms with Crippen LogP contribution in [-0.2, 0) is 16.4 Å². The van der Waals surface area contributed by atoms with Gasteiger partial charge in [0.25, 0.3) is 10.0 Å². The molecule has 0 aliphatic carbocycles. The average Bonchev–Trinajstić information content (AvgIpc) is 2.71. The van der Waals surface area contributed by atoms with Gasteiger partial charge < -0.3 is 21.1 Å². The van der Waals surface area contributed by atoms with Crippen molar-refractivity contribution in [2.24, 2.45) is 11.7 Å². The van der Waals surface area contributed by atoms with Crippen molar-refractivity contribution in [2.75, 3.05) is 11.8 Å². The van der Waals surface area contributed by atoms with Gasteiger partial charge in [0.05, 0.1) is 13.3 Å². The quantitative estimate of drug-likeness (QED) is 0.394. The molecule has 0 spiro atoms. The van der Waals surface area contributed by atoms with Crippen molar-refractivity contribution < 1.29 is 17.9 Å². The number of anilines is 1. The van der Waals surface area contributed by atoms with Crippen molar-refractivity contribution >= 4 is 21.7 Å². The van der Waals surface area contributed by atoms with Gasteiger partial charge in [-0.05, 0) is 55.0 Å². The number of hydrogen-bond donors (Lipinski definition) is 4. The lowest BCUT2D eigenvalue weighted by molar-refractivity contribution is 0.233. The largest absolute Gasteiger partial charge is 0.497 e. The first-order valence-electron chi connectivity index (χ1n) is 10.2. The Morgan fingerprint density at radius 1 is 1.03 bits per heavy atom. The number of ether oxygens (including phenoxy) is 1. The molecule has 0 bridgehead atoms. The molecule has 2 amide bonds. The minimum Gasteiger partial charge on any atom is -0.497 e. The van der Waals surface area contributed by atoms with Crippen LogP contribution in [0.3, 0.4) is 0 Å². The number of nitrogens with two attached hydrogens (primary N) is 1. The van der Waals surface area contributed by atoms with Crippen molar-refractivity contribution in [1.82, 2.24) is 10.6 Å². The molecule has 0 aliphatic heterocycles. The van der Waals surface area contributed by atoms with E-state index in [1.54, 1.807) is 24.3 Å². The van der Waals surface area contributed by atoms with E-state index in [4.69, 9.17) is 10.5 Å². The normalized spacial score (nSPS) is 13.3. The first-order chi connectivity index (χ1) is 14.7. The van der Waals surface area contributed by atoms with Gasteiger partial charge in [-0.1, -0.05) is 44.2 Å². The molecule has 2 aromatic carbocycles. The van der Waals surface area contributed by atoms with Crippen LogP contribution in [0.25, 0.3) is 0 Å². The number of rotatable bonds is 11. The summed E-state index contributed by atoms with van der Waals surface area (Å²) in [5.74, 6) is 0.907. The van der Waals surface area contributed by atoms with E-state index in [2.05, 4.69) is 15.4 Å². The molecule has 0 fully saturated rings. The second kappa shape index (κ2) is 11.6. The van der Waals surface area contributed by atoms with Gasteiger partial charge in [0.15, 0.2) is 5.37 Å². The Bertz CT molecular complexity index is 918. The Kier molecular flexibility index (Phi) is 9.14. The third kappa shape index (κ3) is 8.47. The van der Waals surface area contributed by atoms with Gasteiger partial charge in [0.1, 0.15) is 5.75 Å². The van der Waals surface area contributed by atoms with E-state index in [1.807, 2.05) is 44.2 Å². The highest BCUT2D eigenvalue weighted by atomic mass is 32.2. The molecular formula is C22H32N4O4S. The Hall–Kier alpha value is -2.78. The van der Waals surface area contributed by atoms with E-state index in [-0.39, 0.29) is 6.42 Å². The summed E-state index contributed by atoms with van der Waals surface area (Å²) in [7, 11) is -2.39. The van der Waals surface area contributed by atoms with Gasteiger partial charge in [0.2, 0.25) is 0 Å². The number of hydrogen-bond acceptors (Lipinski definition) is 5. The maximum atomic E-state index is 13.1. The smallest absolute Gasteiger partial charge is 0.317 e. The Balaban J connectivity index is 2.13. The Labute approximate surface area is 184 Å². The Morgan fingerprint density at radius 2 is 1.68 bits per heavy atom. The van der Waals surface area contributed by atoms with Crippen LogP contribution in [0.15, 0.2) is 54.6 Å². The fourth-order valence-electron chi connectivity index (χ4n) is 3.06. The molecule has 2 atom stereocenters. The third-order valence-electron chi connectivity index (χ3n) is 4.60. The van der Waals surface area contributed by atoms with Crippen molar-refractivity contribution in [3.05, 3.63) is 60.2 Å². The van der Waals surface area contributed by atoms with Crippen LogP contribution in [0.2, 0.25) is 0 Å². The number of carbonyl (C=O) groups excluding carboxylic acids is 1. The molecule has 170 valence electrons. The lowest BCUT2D eigenvalue weighted by atomic mass is 10.1. The monoisotopic (exact) mass is 448 g/mol. The maximum absolute atomic E-state index is 13.1. The number of aryl methyl sites for hydroxylation is 1. The molecule has 0 radical (unpaired) electrons. The number of methoxy groups -OCH3 is 1. The second-order valence-corrected chi connectivity index (χ2v) is 9.61. The predicted molar refractivity (Wildman–Crippen MR) is 123 cm³/mol. The molecule has 9 heteroatoms. The van der Waals surface area contributed by atoms with E-state index in [9.17, 15) is 13.2 Å². The molecule has 0 aliphatic rings. The first kappa shape index (κ1) is 24.5. The third-order valence-corrected chi connectivity index (χ3v) is 6.22. The number of nitrogens with one attached hydrogen (secondary N) is 3. The van der Waals surface area contributed by atoms with Crippen molar-refractivity contribution in [2.45, 2.75) is 44.6 Å². The van der Waals surface area contributed by atoms with Crippen LogP contribution in [0, 0.1) is 5.92 Å². The molecule has 5 N–H and O–H groups in total. The molecule has 8 nitrogen and oxygen atoms in total. The van der Waals surface area contributed by atoms with E-state index >= 15 is 0 Å². The van der Waals surface area contributed by atoms with Crippen molar-refractivity contribution in [3.8, 4) is 5.75 Å². The van der Waals surface area contributed by atoms with E-state index in [0.29, 0.717) is 30.2 Å². The summed E-state index contributed by atoms with van der Waals surface area (Å²) in [5.41, 5.74) is 7.28. The highest BCUT2D eigenvalue weighted by Gasteiger charge is 2.27. The zero-order valence-corrected chi connectivity index (χ0v) is 19.0. The molecule has 0 saturated carbocycles. The highest BCUT2D eigenvalue weighted by molar-refractivity contribution is 7.93. The Morgan fingerprint density at radius 3 is 2.26 bits per heavy atom. The van der Waals surface area contributed by atoms with Crippen molar-refractivity contribution in [1.29, 1.82) is 0 Å². The van der Waals surface area contributed by atoms with Gasteiger partial charge in [-0.3, -0.25) is 4.72 Å². The average molecular weight is 449 g/mol. The summed E-state index contributed by atoms with van der Waals surface area (Å²) in [4.78, 5) is 12.4. The lowest BCUT2D eigenvalue weighted by Gasteiger charge is -2.22. The molecule has 0 heterocycles. The van der Waals surface area contributed by atoms with Crippen LogP contribution < -0.4 is 25.8 Å². The molecule has 2 aromatic rings. The van der Waals surface area contributed by atoms with E-state index in [1.165, 1.54) is 7.11 Å². The molecule has 0 saturated heterocycles. The lowest BCUT2D eigenvalue weighted by Crippen LogP contribution is -2.52. The minimum absolute atomic E-state index is 0.197. The van der Waals surface area contributed by atoms with Crippen LogP contribution >= 0.6 is 0 Å². The van der Waals surface area contributed by atoms with E-state index in [0.717, 1.165) is 5.56 Å². The summed E-state index contributed by atoms with van der Waals surface area (Å²) in [5, 5.41) is 4.03. The summed E-state index contributed by atoms with van der Waals surface area (Å²) in [6.07, 6.45) is 0.696. The summed E-state index contributed by atoms with van der Waals surface area (Å²) in [6, 6.07) is 15.4. The molecular weight excluding hydrogens is 416 g/mol. The van der Waals surface area contributed by atoms with Crippen LogP contribution in [0.4, 0.5) is 10.5 Å². The number of amides is 2. The number of benzene rings is 2. The number of carbonyl (C=O) groups is 1. The summed E-state index contributed by atoms with van der Waals surface area (Å²) < 4.78 is 33.8. The van der Waals surface area contributed by atoms with Gasteiger partial charge in [-0.2, -0.15) is 0 Å². The molecule has 0 aromatic heterocycles. The zero-order valence-electron chi connectivity index (χ0n) is 18.2. The van der Waals surface area contributed by atoms with Crippen LogP contribution in [-0.4, -0.2) is 33.1 Å². The molecule has 31 heavy (non-hydrogen) atoms. The van der Waals surface area contributed by atoms with Crippen molar-refractivity contribution in [3.63, 3.8) is 0 Å². The van der Waals surface area contributed by atoms with Gasteiger partial charge >= 0.3 is 6.03 Å². The topological polar surface area (TPSA) is 123 Å². The predicted octanol–water partition coefficient (Wildman–Crippen LogP) is 3.03. The standard InChI is InChI=1S/C22H32N4O4S/c1-16(2)15-20(23)24-22(27)25-21(14-9-17-7-5-4-6-8-17)31(28,29)26-18-10-12-19(30-3)13-11-18/h4-8,10-13,16,20-21,26H,9,14-15,23H2,1-3H3,(H2,24,25,27)/t20-,21-/m1/s1. The van der Waals surface area contributed by atoms with E-state index < -0.39 is 27.6 Å². The maximum Gasteiger partial charge on any atom is 0.317 e. The van der Waals surface area contributed by atoms with Crippen LogP contribution in [0.1, 0.15) is 32.3 Å². The number of sulfonamides is 1. The van der Waals surface area contributed by atoms with Gasteiger partial charge in [0, 0.05) is 5.69 Å². The highest BCUT2D eigenvalue weighted by Crippen LogP contribution is 2.18. The fraction of sp³-hybridized carbons (Fsp3) is 0.409. The number of urea groups is 1. The van der Waals surface area contributed by atoms with Gasteiger partial charge in [-0.25, -0.2) is 13.2 Å². The SMILES string of the molecule is COc1ccc(NS(=O)(=O)[C@H](CCc2ccccc2)NC(=O)N[C@@H](N)CC(C)C)cc1. The molecule has 0 unspecified atom stereocenters. The fourth-order valence-corrected chi connectivity index (χ4v) is 4.36.